The Labute approximate surface area is 135 Å². The van der Waals surface area contributed by atoms with Gasteiger partial charge in [0.15, 0.2) is 0 Å². The first kappa shape index (κ1) is 15.3. The van der Waals surface area contributed by atoms with Gasteiger partial charge in [0.05, 0.1) is 23.3 Å². The van der Waals surface area contributed by atoms with Crippen LogP contribution in [0.2, 0.25) is 5.02 Å². The summed E-state index contributed by atoms with van der Waals surface area (Å²) >= 11 is 6.14. The number of rotatable bonds is 4. The van der Waals surface area contributed by atoms with Crippen LogP contribution in [0.1, 0.15) is 19.3 Å². The summed E-state index contributed by atoms with van der Waals surface area (Å²) in [7, 11) is 2.12. The highest BCUT2D eigenvalue weighted by Gasteiger charge is 2.18. The summed E-state index contributed by atoms with van der Waals surface area (Å²) in [6, 6.07) is 6.04. The van der Waals surface area contributed by atoms with Crippen molar-refractivity contribution < 1.29 is 4.79 Å². The first-order valence-electron chi connectivity index (χ1n) is 7.71. The summed E-state index contributed by atoms with van der Waals surface area (Å²) < 4.78 is 1.84. The van der Waals surface area contributed by atoms with E-state index in [1.807, 2.05) is 22.9 Å². The van der Waals surface area contributed by atoms with Crippen LogP contribution in [0.3, 0.4) is 0 Å². The molecule has 0 saturated carbocycles. The number of aryl methyl sites for hydroxylation is 1. The van der Waals surface area contributed by atoms with Crippen molar-refractivity contribution in [3.8, 4) is 0 Å². The van der Waals surface area contributed by atoms with E-state index in [9.17, 15) is 4.79 Å². The number of likely N-dealkylation sites (tertiary alicyclic amines) is 1. The SMILES string of the molecule is CN1CCC(NC(=O)CCn2ncc3c(Cl)cccc32)CC1. The smallest absolute Gasteiger partial charge is 0.222 e. The molecule has 0 unspecified atom stereocenters. The molecule has 0 atom stereocenters. The van der Waals surface area contributed by atoms with Crippen molar-refractivity contribution >= 4 is 28.4 Å². The Bertz CT molecular complexity index is 661. The molecule has 118 valence electrons. The lowest BCUT2D eigenvalue weighted by Crippen LogP contribution is -2.43. The second kappa shape index (κ2) is 6.67. The van der Waals surface area contributed by atoms with Gasteiger partial charge in [-0.2, -0.15) is 5.10 Å². The molecule has 0 aliphatic carbocycles. The van der Waals surface area contributed by atoms with Gasteiger partial charge in [0.25, 0.3) is 0 Å². The first-order valence-corrected chi connectivity index (χ1v) is 8.09. The lowest BCUT2D eigenvalue weighted by molar-refractivity contribution is -0.122. The van der Waals surface area contributed by atoms with Gasteiger partial charge in [-0.15, -0.1) is 0 Å². The molecule has 1 aliphatic rings. The first-order chi connectivity index (χ1) is 10.6. The number of hydrogen-bond donors (Lipinski definition) is 1. The fourth-order valence-electron chi connectivity index (χ4n) is 2.91. The van der Waals surface area contributed by atoms with E-state index < -0.39 is 0 Å². The zero-order chi connectivity index (χ0) is 15.5. The number of hydrogen-bond acceptors (Lipinski definition) is 3. The zero-order valence-corrected chi connectivity index (χ0v) is 13.5. The average Bonchev–Trinajstić information content (AvgIpc) is 2.92. The second-order valence-corrected chi connectivity index (χ2v) is 6.34. The monoisotopic (exact) mass is 320 g/mol. The van der Waals surface area contributed by atoms with Crippen LogP contribution in [-0.4, -0.2) is 46.8 Å². The van der Waals surface area contributed by atoms with Crippen molar-refractivity contribution in [2.45, 2.75) is 31.8 Å². The number of aromatic nitrogens is 2. The van der Waals surface area contributed by atoms with E-state index in [0.717, 1.165) is 36.8 Å². The highest BCUT2D eigenvalue weighted by Crippen LogP contribution is 2.22. The molecule has 1 saturated heterocycles. The number of amides is 1. The van der Waals surface area contributed by atoms with Gasteiger partial charge < -0.3 is 10.2 Å². The van der Waals surface area contributed by atoms with E-state index in [-0.39, 0.29) is 5.91 Å². The Kier molecular flexibility index (Phi) is 4.64. The van der Waals surface area contributed by atoms with Crippen LogP contribution < -0.4 is 5.32 Å². The van der Waals surface area contributed by atoms with Gasteiger partial charge in [0, 0.05) is 17.8 Å². The molecule has 1 amide bonds. The van der Waals surface area contributed by atoms with E-state index in [1.165, 1.54) is 0 Å². The predicted molar refractivity (Wildman–Crippen MR) is 88.0 cm³/mol. The lowest BCUT2D eigenvalue weighted by Gasteiger charge is -2.29. The minimum Gasteiger partial charge on any atom is -0.353 e. The molecule has 1 aromatic heterocycles. The summed E-state index contributed by atoms with van der Waals surface area (Å²) in [5.41, 5.74) is 0.972. The Morgan fingerprint density at radius 3 is 2.95 bits per heavy atom. The maximum Gasteiger partial charge on any atom is 0.222 e. The van der Waals surface area contributed by atoms with Gasteiger partial charge in [-0.25, -0.2) is 0 Å². The summed E-state index contributed by atoms with van der Waals surface area (Å²) in [6.07, 6.45) is 4.26. The van der Waals surface area contributed by atoms with Crippen LogP contribution >= 0.6 is 11.6 Å². The van der Waals surface area contributed by atoms with E-state index in [1.54, 1.807) is 6.20 Å². The van der Waals surface area contributed by atoms with Gasteiger partial charge in [0.2, 0.25) is 5.91 Å². The van der Waals surface area contributed by atoms with Crippen LogP contribution in [0.25, 0.3) is 10.9 Å². The summed E-state index contributed by atoms with van der Waals surface area (Å²) in [5, 5.41) is 9.08. The molecule has 3 rings (SSSR count). The number of benzene rings is 1. The molecule has 22 heavy (non-hydrogen) atoms. The molecule has 0 bridgehead atoms. The third-order valence-electron chi connectivity index (χ3n) is 4.27. The van der Waals surface area contributed by atoms with Gasteiger partial charge in [-0.05, 0) is 45.1 Å². The maximum absolute atomic E-state index is 12.1. The highest BCUT2D eigenvalue weighted by atomic mass is 35.5. The van der Waals surface area contributed by atoms with Crippen molar-refractivity contribution in [2.75, 3.05) is 20.1 Å². The number of halogens is 1. The molecular weight excluding hydrogens is 300 g/mol. The number of nitrogens with zero attached hydrogens (tertiary/aromatic N) is 3. The van der Waals surface area contributed by atoms with Crippen molar-refractivity contribution in [1.29, 1.82) is 0 Å². The average molecular weight is 321 g/mol. The van der Waals surface area contributed by atoms with E-state index in [0.29, 0.717) is 24.0 Å². The van der Waals surface area contributed by atoms with Gasteiger partial charge in [-0.3, -0.25) is 9.48 Å². The largest absolute Gasteiger partial charge is 0.353 e. The third kappa shape index (κ3) is 3.42. The second-order valence-electron chi connectivity index (χ2n) is 5.94. The normalized spacial score (nSPS) is 17.0. The quantitative estimate of drug-likeness (QED) is 0.940. The van der Waals surface area contributed by atoms with Crippen LogP contribution in [0.5, 0.6) is 0 Å². The maximum atomic E-state index is 12.1. The number of nitrogens with one attached hydrogen (secondary N) is 1. The van der Waals surface area contributed by atoms with Crippen molar-refractivity contribution in [1.82, 2.24) is 20.0 Å². The standard InChI is InChI=1S/C16H21ClN4O/c1-20-8-5-12(6-9-20)19-16(22)7-10-21-15-4-2-3-14(17)13(15)11-18-21/h2-4,11-12H,5-10H2,1H3,(H,19,22). The van der Waals surface area contributed by atoms with Crippen molar-refractivity contribution in [3.05, 3.63) is 29.4 Å². The Morgan fingerprint density at radius 2 is 2.18 bits per heavy atom. The lowest BCUT2D eigenvalue weighted by atomic mass is 10.1. The summed E-state index contributed by atoms with van der Waals surface area (Å²) in [5.74, 6) is 0.0974. The molecule has 2 heterocycles. The zero-order valence-electron chi connectivity index (χ0n) is 12.8. The number of carbonyl (C=O) groups is 1. The molecule has 1 aromatic carbocycles. The Hall–Kier alpha value is -1.59. The molecular formula is C16H21ClN4O. The molecule has 0 radical (unpaired) electrons. The van der Waals surface area contributed by atoms with Gasteiger partial charge in [-0.1, -0.05) is 17.7 Å². The molecule has 6 heteroatoms. The van der Waals surface area contributed by atoms with Crippen molar-refractivity contribution in [3.63, 3.8) is 0 Å². The molecule has 1 fully saturated rings. The molecule has 0 spiro atoms. The van der Waals surface area contributed by atoms with Gasteiger partial charge in [0.1, 0.15) is 0 Å². The fourth-order valence-corrected chi connectivity index (χ4v) is 3.12. The van der Waals surface area contributed by atoms with E-state index >= 15 is 0 Å². The fraction of sp³-hybridized carbons (Fsp3) is 0.500. The van der Waals surface area contributed by atoms with Crippen LogP contribution in [0, 0.1) is 0 Å². The topological polar surface area (TPSA) is 50.2 Å². The predicted octanol–water partition coefficient (Wildman–Crippen LogP) is 2.29. The minimum atomic E-state index is 0.0974. The molecule has 1 N–H and O–H groups in total. The van der Waals surface area contributed by atoms with Crippen LogP contribution in [0.15, 0.2) is 24.4 Å². The number of piperidine rings is 1. The van der Waals surface area contributed by atoms with E-state index in [2.05, 4.69) is 22.4 Å². The van der Waals surface area contributed by atoms with E-state index in [4.69, 9.17) is 11.6 Å². The molecule has 5 nitrogen and oxygen atoms in total. The van der Waals surface area contributed by atoms with Crippen LogP contribution in [0.4, 0.5) is 0 Å². The molecule has 1 aliphatic heterocycles. The highest BCUT2D eigenvalue weighted by molar-refractivity contribution is 6.35. The Morgan fingerprint density at radius 1 is 1.41 bits per heavy atom. The third-order valence-corrected chi connectivity index (χ3v) is 4.60. The van der Waals surface area contributed by atoms with Crippen LogP contribution in [-0.2, 0) is 11.3 Å². The number of fused-ring (bicyclic) bond motifs is 1. The van der Waals surface area contributed by atoms with Gasteiger partial charge >= 0.3 is 0 Å². The Balaban J connectivity index is 1.55. The minimum absolute atomic E-state index is 0.0974. The molecule has 2 aromatic rings. The summed E-state index contributed by atoms with van der Waals surface area (Å²) in [4.78, 5) is 14.4. The summed E-state index contributed by atoms with van der Waals surface area (Å²) in [6.45, 7) is 2.67. The number of carbonyl (C=O) groups excluding carboxylic acids is 1. The van der Waals surface area contributed by atoms with Crippen molar-refractivity contribution in [2.24, 2.45) is 0 Å².